The van der Waals surface area contributed by atoms with E-state index >= 15 is 0 Å². The predicted molar refractivity (Wildman–Crippen MR) is 101 cm³/mol. The molecular formula is C19H21ClF2N2O3. The Kier molecular flexibility index (Phi) is 7.38. The molecule has 8 heteroatoms. The van der Waals surface area contributed by atoms with Gasteiger partial charge >= 0.3 is 6.61 Å². The second-order valence-electron chi connectivity index (χ2n) is 5.92. The average Bonchev–Trinajstić information content (AvgIpc) is 2.62. The van der Waals surface area contributed by atoms with E-state index in [9.17, 15) is 13.6 Å². The fourth-order valence-electron chi connectivity index (χ4n) is 2.43. The molecule has 0 saturated carbocycles. The number of methoxy groups -OCH3 is 1. The topological polar surface area (TPSA) is 50.8 Å². The highest BCUT2D eigenvalue weighted by atomic mass is 35.5. The number of carbonyl (C=O) groups excluding carboxylic acids is 1. The molecule has 146 valence electrons. The van der Waals surface area contributed by atoms with Crippen molar-refractivity contribution in [1.29, 1.82) is 0 Å². The van der Waals surface area contributed by atoms with Gasteiger partial charge in [0, 0.05) is 6.54 Å². The second kappa shape index (κ2) is 9.53. The minimum Gasteiger partial charge on any atom is -0.493 e. The molecule has 27 heavy (non-hydrogen) atoms. The molecule has 2 rings (SSSR count). The SMILES string of the molecule is COc1ccc(CN(C)C(C)C(=O)Nc2ccccc2Cl)cc1OC(F)F. The number of nitrogens with zero attached hydrogens (tertiary/aromatic N) is 1. The number of amides is 1. The number of para-hydroxylation sites is 1. The summed E-state index contributed by atoms with van der Waals surface area (Å²) in [5.74, 6) is -0.0686. The Morgan fingerprint density at radius 2 is 1.93 bits per heavy atom. The second-order valence-corrected chi connectivity index (χ2v) is 6.33. The molecule has 2 aromatic rings. The summed E-state index contributed by atoms with van der Waals surface area (Å²) < 4.78 is 34.6. The number of likely N-dealkylation sites (N-methyl/N-ethyl adjacent to an activating group) is 1. The van der Waals surface area contributed by atoms with Crippen LogP contribution >= 0.6 is 11.6 Å². The maximum absolute atomic E-state index is 12.6. The number of carbonyl (C=O) groups is 1. The van der Waals surface area contributed by atoms with Crippen molar-refractivity contribution >= 4 is 23.2 Å². The number of halogens is 3. The van der Waals surface area contributed by atoms with Crippen molar-refractivity contribution in [3.05, 3.63) is 53.1 Å². The Morgan fingerprint density at radius 3 is 2.56 bits per heavy atom. The lowest BCUT2D eigenvalue weighted by Crippen LogP contribution is -2.39. The lowest BCUT2D eigenvalue weighted by atomic mass is 10.1. The van der Waals surface area contributed by atoms with E-state index < -0.39 is 12.7 Å². The van der Waals surface area contributed by atoms with E-state index in [1.165, 1.54) is 13.2 Å². The van der Waals surface area contributed by atoms with Crippen molar-refractivity contribution in [2.24, 2.45) is 0 Å². The Morgan fingerprint density at radius 1 is 1.22 bits per heavy atom. The molecule has 0 aliphatic rings. The molecule has 0 spiro atoms. The number of nitrogens with one attached hydrogen (secondary N) is 1. The van der Waals surface area contributed by atoms with Crippen molar-refractivity contribution in [3.63, 3.8) is 0 Å². The van der Waals surface area contributed by atoms with Crippen LogP contribution in [0, 0.1) is 0 Å². The molecule has 0 aliphatic heterocycles. The van der Waals surface area contributed by atoms with Gasteiger partial charge in [0.25, 0.3) is 0 Å². The van der Waals surface area contributed by atoms with Crippen LogP contribution < -0.4 is 14.8 Å². The van der Waals surface area contributed by atoms with E-state index in [4.69, 9.17) is 16.3 Å². The molecule has 2 aromatic carbocycles. The summed E-state index contributed by atoms with van der Waals surface area (Å²) in [5, 5.41) is 3.22. The van der Waals surface area contributed by atoms with Gasteiger partial charge in [0.15, 0.2) is 11.5 Å². The van der Waals surface area contributed by atoms with E-state index in [1.807, 2.05) is 0 Å². The van der Waals surface area contributed by atoms with Gasteiger partial charge in [-0.15, -0.1) is 0 Å². The lowest BCUT2D eigenvalue weighted by Gasteiger charge is -2.24. The number of benzene rings is 2. The van der Waals surface area contributed by atoms with Crippen LogP contribution in [0.1, 0.15) is 12.5 Å². The molecule has 0 radical (unpaired) electrons. The van der Waals surface area contributed by atoms with Gasteiger partial charge in [-0.2, -0.15) is 8.78 Å². The van der Waals surface area contributed by atoms with Gasteiger partial charge in [-0.05, 0) is 43.8 Å². The first-order valence-electron chi connectivity index (χ1n) is 8.19. The van der Waals surface area contributed by atoms with Gasteiger partial charge in [0.1, 0.15) is 0 Å². The Balaban J connectivity index is 2.06. The Hall–Kier alpha value is -2.38. The third-order valence-electron chi connectivity index (χ3n) is 4.05. The van der Waals surface area contributed by atoms with E-state index in [0.717, 1.165) is 0 Å². The third kappa shape index (κ3) is 5.80. The van der Waals surface area contributed by atoms with Crippen molar-refractivity contribution in [2.45, 2.75) is 26.1 Å². The maximum atomic E-state index is 12.6. The fourth-order valence-corrected chi connectivity index (χ4v) is 2.62. The Bertz CT molecular complexity index is 789. The van der Waals surface area contributed by atoms with E-state index in [0.29, 0.717) is 22.8 Å². The monoisotopic (exact) mass is 398 g/mol. The molecule has 0 fully saturated rings. The summed E-state index contributed by atoms with van der Waals surface area (Å²) >= 11 is 6.05. The van der Waals surface area contributed by atoms with Crippen molar-refractivity contribution in [3.8, 4) is 11.5 Å². The van der Waals surface area contributed by atoms with Gasteiger partial charge in [-0.25, -0.2) is 0 Å². The van der Waals surface area contributed by atoms with Gasteiger partial charge in [-0.1, -0.05) is 29.8 Å². The summed E-state index contributed by atoms with van der Waals surface area (Å²) in [5.41, 5.74) is 1.23. The van der Waals surface area contributed by atoms with Crippen molar-refractivity contribution < 1.29 is 23.0 Å². The van der Waals surface area contributed by atoms with Gasteiger partial charge in [0.05, 0.1) is 23.9 Å². The number of rotatable bonds is 8. The first-order valence-corrected chi connectivity index (χ1v) is 8.57. The maximum Gasteiger partial charge on any atom is 0.387 e. The molecular weight excluding hydrogens is 378 g/mol. The Labute approximate surface area is 161 Å². The summed E-state index contributed by atoms with van der Waals surface area (Å²) in [7, 11) is 3.13. The van der Waals surface area contributed by atoms with Crippen LogP contribution in [0.3, 0.4) is 0 Å². The highest BCUT2D eigenvalue weighted by molar-refractivity contribution is 6.33. The van der Waals surface area contributed by atoms with Crippen LogP contribution in [0.4, 0.5) is 14.5 Å². The molecule has 0 saturated heterocycles. The van der Waals surface area contributed by atoms with Crippen LogP contribution in [-0.4, -0.2) is 37.6 Å². The zero-order valence-corrected chi connectivity index (χ0v) is 16.0. The van der Waals surface area contributed by atoms with Crippen molar-refractivity contribution in [2.75, 3.05) is 19.5 Å². The van der Waals surface area contributed by atoms with E-state index in [1.54, 1.807) is 55.3 Å². The number of hydrogen-bond acceptors (Lipinski definition) is 4. The van der Waals surface area contributed by atoms with Gasteiger partial charge in [-0.3, -0.25) is 9.69 Å². The van der Waals surface area contributed by atoms with Crippen LogP contribution in [0.25, 0.3) is 0 Å². The van der Waals surface area contributed by atoms with Crippen LogP contribution in [0.2, 0.25) is 5.02 Å². The zero-order valence-electron chi connectivity index (χ0n) is 15.2. The zero-order chi connectivity index (χ0) is 20.0. The fraction of sp³-hybridized carbons (Fsp3) is 0.316. The van der Waals surface area contributed by atoms with Crippen LogP contribution in [0.5, 0.6) is 11.5 Å². The standard InChI is InChI=1S/C19H21ClF2N2O3/c1-12(18(25)23-15-7-5-4-6-14(15)20)24(2)11-13-8-9-16(26-3)17(10-13)27-19(21)22/h4-10,12,19H,11H2,1-3H3,(H,23,25). The minimum absolute atomic E-state index is 0.0495. The molecule has 0 aliphatic carbocycles. The molecule has 1 amide bonds. The summed E-state index contributed by atoms with van der Waals surface area (Å²) in [6, 6.07) is 11.2. The van der Waals surface area contributed by atoms with Gasteiger partial charge < -0.3 is 14.8 Å². The van der Waals surface area contributed by atoms with Gasteiger partial charge in [0.2, 0.25) is 5.91 Å². The highest BCUT2D eigenvalue weighted by Gasteiger charge is 2.20. The third-order valence-corrected chi connectivity index (χ3v) is 4.38. The molecule has 1 atom stereocenters. The normalized spacial score (nSPS) is 12.1. The number of anilines is 1. The largest absolute Gasteiger partial charge is 0.493 e. The van der Waals surface area contributed by atoms with Crippen molar-refractivity contribution in [1.82, 2.24) is 4.90 Å². The van der Waals surface area contributed by atoms with Crippen LogP contribution in [-0.2, 0) is 11.3 Å². The predicted octanol–water partition coefficient (Wildman–Crippen LogP) is 4.41. The molecule has 5 nitrogen and oxygen atoms in total. The first kappa shape index (κ1) is 20.9. The van der Waals surface area contributed by atoms with Crippen LogP contribution in [0.15, 0.2) is 42.5 Å². The summed E-state index contributed by atoms with van der Waals surface area (Å²) in [4.78, 5) is 14.2. The average molecular weight is 399 g/mol. The number of ether oxygens (including phenoxy) is 2. The summed E-state index contributed by atoms with van der Waals surface area (Å²) in [6.45, 7) is -0.861. The molecule has 1 N–H and O–H groups in total. The molecule has 1 unspecified atom stereocenters. The van der Waals surface area contributed by atoms with E-state index in [2.05, 4.69) is 10.1 Å². The van der Waals surface area contributed by atoms with E-state index in [-0.39, 0.29) is 17.4 Å². The quantitative estimate of drug-likeness (QED) is 0.715. The first-order chi connectivity index (χ1) is 12.8. The lowest BCUT2D eigenvalue weighted by molar-refractivity contribution is -0.120. The molecule has 0 bridgehead atoms. The molecule has 0 heterocycles. The molecule has 0 aromatic heterocycles. The number of hydrogen-bond donors (Lipinski definition) is 1. The highest BCUT2D eigenvalue weighted by Crippen LogP contribution is 2.30. The smallest absolute Gasteiger partial charge is 0.387 e. The number of alkyl halides is 2. The minimum atomic E-state index is -2.95. The summed E-state index contributed by atoms with van der Waals surface area (Å²) in [6.07, 6.45) is 0.